The van der Waals surface area contributed by atoms with Gasteiger partial charge in [-0.05, 0) is 30.7 Å². The number of benzene rings is 1. The van der Waals surface area contributed by atoms with E-state index in [2.05, 4.69) is 10.4 Å². The van der Waals surface area contributed by atoms with Crippen molar-refractivity contribution in [1.82, 2.24) is 10.3 Å². The van der Waals surface area contributed by atoms with Gasteiger partial charge in [-0.15, -0.1) is 0 Å². The smallest absolute Gasteiger partial charge is 0.344 e. The SMILES string of the molecule is CCOc1ccc(/C=N\N2CC(=O)NC2=O)cc1OC. The maximum atomic E-state index is 11.3. The third-order valence-electron chi connectivity index (χ3n) is 2.61. The first-order valence-corrected chi connectivity index (χ1v) is 6.10. The van der Waals surface area contributed by atoms with E-state index in [9.17, 15) is 9.59 Å². The monoisotopic (exact) mass is 277 g/mol. The quantitative estimate of drug-likeness (QED) is 0.642. The highest BCUT2D eigenvalue weighted by Crippen LogP contribution is 2.27. The third kappa shape index (κ3) is 3.05. The molecular formula is C13H15N3O4. The first-order chi connectivity index (χ1) is 9.63. The molecule has 7 heteroatoms. The molecule has 7 nitrogen and oxygen atoms in total. The van der Waals surface area contributed by atoms with Crippen molar-refractivity contribution in [1.29, 1.82) is 0 Å². The summed E-state index contributed by atoms with van der Waals surface area (Å²) in [5, 5.41) is 7.16. The van der Waals surface area contributed by atoms with Crippen molar-refractivity contribution in [2.24, 2.45) is 5.10 Å². The van der Waals surface area contributed by atoms with Crippen LogP contribution in [0.2, 0.25) is 0 Å². The van der Waals surface area contributed by atoms with Gasteiger partial charge in [0.15, 0.2) is 11.5 Å². The molecule has 0 aromatic heterocycles. The van der Waals surface area contributed by atoms with Crippen LogP contribution in [0, 0.1) is 0 Å². The minimum Gasteiger partial charge on any atom is -0.493 e. The lowest BCUT2D eigenvalue weighted by Gasteiger charge is -2.09. The molecule has 1 aliphatic heterocycles. The first kappa shape index (κ1) is 13.9. The number of amides is 3. The molecular weight excluding hydrogens is 262 g/mol. The zero-order valence-electron chi connectivity index (χ0n) is 11.3. The van der Waals surface area contributed by atoms with Crippen molar-refractivity contribution >= 4 is 18.2 Å². The molecule has 1 heterocycles. The van der Waals surface area contributed by atoms with E-state index in [1.54, 1.807) is 25.3 Å². The standard InChI is InChI=1S/C13H15N3O4/c1-3-20-10-5-4-9(6-11(10)19-2)7-14-16-8-12(17)15-13(16)18/h4-7H,3,8H2,1-2H3,(H,15,17,18)/b14-7-. The molecule has 1 aromatic rings. The highest BCUT2D eigenvalue weighted by molar-refractivity contribution is 6.02. The molecule has 1 saturated heterocycles. The van der Waals surface area contributed by atoms with E-state index < -0.39 is 6.03 Å². The molecule has 2 rings (SSSR count). The number of hydrogen-bond acceptors (Lipinski definition) is 5. The average molecular weight is 277 g/mol. The van der Waals surface area contributed by atoms with Gasteiger partial charge in [-0.1, -0.05) is 0 Å². The number of carbonyl (C=O) groups is 2. The van der Waals surface area contributed by atoms with Gasteiger partial charge < -0.3 is 9.47 Å². The Labute approximate surface area is 116 Å². The zero-order chi connectivity index (χ0) is 14.5. The Hall–Kier alpha value is -2.57. The number of ether oxygens (including phenoxy) is 2. The number of urea groups is 1. The van der Waals surface area contributed by atoms with Crippen LogP contribution in [-0.2, 0) is 4.79 Å². The fraction of sp³-hybridized carbons (Fsp3) is 0.308. The average Bonchev–Trinajstić information content (AvgIpc) is 2.76. The molecule has 20 heavy (non-hydrogen) atoms. The Balaban J connectivity index is 2.13. The summed E-state index contributed by atoms with van der Waals surface area (Å²) < 4.78 is 10.6. The van der Waals surface area contributed by atoms with Gasteiger partial charge in [0, 0.05) is 0 Å². The topological polar surface area (TPSA) is 80.2 Å². The van der Waals surface area contributed by atoms with E-state index in [0.29, 0.717) is 18.1 Å². The van der Waals surface area contributed by atoms with Crippen LogP contribution in [0.25, 0.3) is 0 Å². The minimum atomic E-state index is -0.524. The van der Waals surface area contributed by atoms with E-state index in [1.807, 2.05) is 6.92 Å². The molecule has 1 N–H and O–H groups in total. The van der Waals surface area contributed by atoms with Gasteiger partial charge in [0.2, 0.25) is 5.91 Å². The summed E-state index contributed by atoms with van der Waals surface area (Å²) >= 11 is 0. The maximum Gasteiger partial charge on any atom is 0.344 e. The number of carbonyl (C=O) groups excluding carboxylic acids is 2. The Bertz CT molecular complexity index is 557. The number of hydrazone groups is 1. The van der Waals surface area contributed by atoms with Crippen LogP contribution in [0.1, 0.15) is 12.5 Å². The lowest BCUT2D eigenvalue weighted by Crippen LogP contribution is -2.24. The lowest BCUT2D eigenvalue weighted by molar-refractivity contribution is -0.118. The van der Waals surface area contributed by atoms with Gasteiger partial charge in [0.25, 0.3) is 0 Å². The van der Waals surface area contributed by atoms with Crippen LogP contribution in [0.3, 0.4) is 0 Å². The van der Waals surface area contributed by atoms with Crippen LogP contribution in [0.5, 0.6) is 11.5 Å². The summed E-state index contributed by atoms with van der Waals surface area (Å²) in [6.07, 6.45) is 1.48. The van der Waals surface area contributed by atoms with E-state index in [0.717, 1.165) is 10.6 Å². The third-order valence-corrected chi connectivity index (χ3v) is 2.61. The number of hydrogen-bond donors (Lipinski definition) is 1. The molecule has 1 fully saturated rings. The summed E-state index contributed by atoms with van der Waals surface area (Å²) in [6.45, 7) is 2.36. The Morgan fingerprint density at radius 1 is 1.40 bits per heavy atom. The predicted octanol–water partition coefficient (Wildman–Crippen LogP) is 0.980. The van der Waals surface area contributed by atoms with Crippen molar-refractivity contribution in [3.05, 3.63) is 23.8 Å². The lowest BCUT2D eigenvalue weighted by atomic mass is 10.2. The largest absolute Gasteiger partial charge is 0.493 e. The van der Waals surface area contributed by atoms with Crippen molar-refractivity contribution in [3.8, 4) is 11.5 Å². The maximum absolute atomic E-state index is 11.3. The Kier molecular flexibility index (Phi) is 4.19. The van der Waals surface area contributed by atoms with Gasteiger partial charge in [-0.2, -0.15) is 5.10 Å². The molecule has 0 radical (unpaired) electrons. The van der Waals surface area contributed by atoms with E-state index >= 15 is 0 Å². The molecule has 1 aromatic carbocycles. The number of rotatable bonds is 5. The molecule has 3 amide bonds. The predicted molar refractivity (Wildman–Crippen MR) is 72.0 cm³/mol. The molecule has 0 unspecified atom stereocenters. The second-order valence-electron chi connectivity index (χ2n) is 4.00. The second kappa shape index (κ2) is 6.05. The normalized spacial score (nSPS) is 14.8. The Morgan fingerprint density at radius 3 is 2.80 bits per heavy atom. The summed E-state index contributed by atoms with van der Waals surface area (Å²) in [4.78, 5) is 22.3. The number of nitrogens with one attached hydrogen (secondary N) is 1. The van der Waals surface area contributed by atoms with Crippen LogP contribution < -0.4 is 14.8 Å². The minimum absolute atomic E-state index is 0.0660. The van der Waals surface area contributed by atoms with E-state index in [1.165, 1.54) is 6.21 Å². The van der Waals surface area contributed by atoms with Crippen molar-refractivity contribution in [2.45, 2.75) is 6.92 Å². The van der Waals surface area contributed by atoms with Crippen molar-refractivity contribution < 1.29 is 19.1 Å². The fourth-order valence-corrected chi connectivity index (χ4v) is 1.70. The van der Waals surface area contributed by atoms with Gasteiger partial charge in [0.05, 0.1) is 19.9 Å². The van der Waals surface area contributed by atoms with Gasteiger partial charge >= 0.3 is 6.03 Å². The Morgan fingerprint density at radius 2 is 2.20 bits per heavy atom. The van der Waals surface area contributed by atoms with Gasteiger partial charge in [0.1, 0.15) is 6.54 Å². The van der Waals surface area contributed by atoms with Crippen LogP contribution >= 0.6 is 0 Å². The van der Waals surface area contributed by atoms with Crippen LogP contribution in [0.4, 0.5) is 4.79 Å². The number of nitrogens with zero attached hydrogens (tertiary/aromatic N) is 2. The van der Waals surface area contributed by atoms with Crippen LogP contribution in [-0.4, -0.2) is 43.4 Å². The summed E-state index contributed by atoms with van der Waals surface area (Å²) in [6, 6.07) is 4.76. The molecule has 106 valence electrons. The highest BCUT2D eigenvalue weighted by Gasteiger charge is 2.25. The fourth-order valence-electron chi connectivity index (χ4n) is 1.70. The van der Waals surface area contributed by atoms with Gasteiger partial charge in [-0.3, -0.25) is 10.1 Å². The molecule has 0 bridgehead atoms. The first-order valence-electron chi connectivity index (χ1n) is 6.10. The second-order valence-corrected chi connectivity index (χ2v) is 4.00. The molecule has 0 aliphatic carbocycles. The number of imide groups is 1. The summed E-state index contributed by atoms with van der Waals surface area (Å²) in [7, 11) is 1.55. The van der Waals surface area contributed by atoms with Gasteiger partial charge in [-0.25, -0.2) is 9.80 Å². The highest BCUT2D eigenvalue weighted by atomic mass is 16.5. The van der Waals surface area contributed by atoms with Crippen molar-refractivity contribution in [2.75, 3.05) is 20.3 Å². The molecule has 0 saturated carbocycles. The molecule has 1 aliphatic rings. The van der Waals surface area contributed by atoms with E-state index in [4.69, 9.17) is 9.47 Å². The van der Waals surface area contributed by atoms with E-state index in [-0.39, 0.29) is 12.5 Å². The summed E-state index contributed by atoms with van der Waals surface area (Å²) in [5.74, 6) is 0.857. The zero-order valence-corrected chi connectivity index (χ0v) is 11.3. The van der Waals surface area contributed by atoms with Crippen LogP contribution in [0.15, 0.2) is 23.3 Å². The number of methoxy groups -OCH3 is 1. The van der Waals surface area contributed by atoms with Crippen molar-refractivity contribution in [3.63, 3.8) is 0 Å². The summed E-state index contributed by atoms with van der Waals surface area (Å²) in [5.41, 5.74) is 0.734. The molecule has 0 atom stereocenters. The molecule has 0 spiro atoms.